The van der Waals surface area contributed by atoms with E-state index in [1.807, 2.05) is 24.3 Å². The minimum Gasteiger partial charge on any atom is -0.487 e. The van der Waals surface area contributed by atoms with Crippen molar-refractivity contribution in [2.75, 3.05) is 13.2 Å². The maximum atomic E-state index is 9.44. The van der Waals surface area contributed by atoms with Crippen molar-refractivity contribution in [1.82, 2.24) is 0 Å². The van der Waals surface area contributed by atoms with Crippen molar-refractivity contribution >= 4 is 0 Å². The first kappa shape index (κ1) is 24.6. The molecule has 2 aromatic carbocycles. The lowest BCUT2D eigenvalue weighted by Gasteiger charge is -2.33. The molecule has 2 atom stereocenters. The molecule has 1 N–H and O–H groups in total. The average Bonchev–Trinajstić information content (AvgIpc) is 3.11. The van der Waals surface area contributed by atoms with Crippen LogP contribution in [0.15, 0.2) is 48.5 Å². The lowest BCUT2D eigenvalue weighted by Crippen LogP contribution is -2.33. The van der Waals surface area contributed by atoms with Gasteiger partial charge in [-0.15, -0.1) is 0 Å². The molecule has 4 heteroatoms. The molecule has 0 amide bonds. The first-order valence-corrected chi connectivity index (χ1v) is 11.7. The van der Waals surface area contributed by atoms with E-state index in [1.165, 1.54) is 5.56 Å². The molecular formula is C28H40O4. The van der Waals surface area contributed by atoms with Gasteiger partial charge in [0.05, 0.1) is 18.3 Å². The van der Waals surface area contributed by atoms with E-state index in [1.54, 1.807) is 0 Å². The Morgan fingerprint density at radius 1 is 1.00 bits per heavy atom. The van der Waals surface area contributed by atoms with Crippen LogP contribution in [0.25, 0.3) is 0 Å². The Kier molecular flexibility index (Phi) is 7.57. The third-order valence-corrected chi connectivity index (χ3v) is 6.12. The number of rotatable bonds is 9. The second-order valence-electron chi connectivity index (χ2n) is 11.3. The Labute approximate surface area is 193 Å². The van der Waals surface area contributed by atoms with E-state index in [9.17, 15) is 5.11 Å². The fourth-order valence-corrected chi connectivity index (χ4v) is 4.78. The summed E-state index contributed by atoms with van der Waals surface area (Å²) in [7, 11) is 0. The summed E-state index contributed by atoms with van der Waals surface area (Å²) in [6, 6.07) is 16.5. The van der Waals surface area contributed by atoms with Gasteiger partial charge in [0.15, 0.2) is 11.5 Å². The average molecular weight is 441 g/mol. The molecule has 176 valence electrons. The second kappa shape index (κ2) is 9.84. The Morgan fingerprint density at radius 3 is 2.34 bits per heavy atom. The Balaban J connectivity index is 1.82. The van der Waals surface area contributed by atoms with Crippen molar-refractivity contribution in [2.45, 2.75) is 84.5 Å². The third kappa shape index (κ3) is 6.73. The number of aliphatic hydroxyl groups is 1. The highest BCUT2D eigenvalue weighted by atomic mass is 16.6. The van der Waals surface area contributed by atoms with Crippen LogP contribution in [0.2, 0.25) is 0 Å². The summed E-state index contributed by atoms with van der Waals surface area (Å²) in [6.45, 7) is 14.4. The Hall–Kier alpha value is -2.04. The zero-order valence-corrected chi connectivity index (χ0v) is 20.6. The van der Waals surface area contributed by atoms with Gasteiger partial charge in [0.25, 0.3) is 0 Å². The van der Waals surface area contributed by atoms with Gasteiger partial charge in [-0.05, 0) is 60.3 Å². The quantitative estimate of drug-likeness (QED) is 0.498. The van der Waals surface area contributed by atoms with E-state index in [2.05, 4.69) is 65.8 Å². The molecule has 0 bridgehead atoms. The molecule has 4 nitrogen and oxygen atoms in total. The van der Waals surface area contributed by atoms with Gasteiger partial charge in [0, 0.05) is 0 Å². The standard InChI is InChI=1S/C28H40O4/c1-26(2,3)19-27(4,5)22-12-13-24(30-18-21-10-8-7-9-11-21)25(16-22)31-20-28(6)15-14-23(17-29)32-28/h7-13,16,23,29H,14-15,17-20H2,1-6H3. The molecule has 0 aromatic heterocycles. The van der Waals surface area contributed by atoms with Gasteiger partial charge < -0.3 is 19.3 Å². The van der Waals surface area contributed by atoms with Gasteiger partial charge in [0.2, 0.25) is 0 Å². The summed E-state index contributed by atoms with van der Waals surface area (Å²) >= 11 is 0. The fourth-order valence-electron chi connectivity index (χ4n) is 4.78. The molecule has 2 unspecified atom stereocenters. The van der Waals surface area contributed by atoms with Crippen molar-refractivity contribution < 1.29 is 19.3 Å². The van der Waals surface area contributed by atoms with Gasteiger partial charge >= 0.3 is 0 Å². The van der Waals surface area contributed by atoms with E-state index in [4.69, 9.17) is 14.2 Å². The number of hydrogen-bond donors (Lipinski definition) is 1. The molecule has 2 aromatic rings. The van der Waals surface area contributed by atoms with Crippen LogP contribution in [0.3, 0.4) is 0 Å². The van der Waals surface area contributed by atoms with Crippen LogP contribution in [0.5, 0.6) is 11.5 Å². The molecule has 0 aliphatic carbocycles. The minimum atomic E-state index is -0.402. The number of benzene rings is 2. The van der Waals surface area contributed by atoms with Crippen molar-refractivity contribution in [2.24, 2.45) is 5.41 Å². The molecule has 32 heavy (non-hydrogen) atoms. The van der Waals surface area contributed by atoms with Crippen LogP contribution in [-0.4, -0.2) is 30.0 Å². The summed E-state index contributed by atoms with van der Waals surface area (Å²) in [5.41, 5.74) is 2.18. The normalized spacial score (nSPS) is 21.5. The molecule has 3 rings (SSSR count). The van der Waals surface area contributed by atoms with Gasteiger partial charge in [-0.3, -0.25) is 0 Å². The molecule has 1 fully saturated rings. The molecular weight excluding hydrogens is 400 g/mol. The maximum absolute atomic E-state index is 9.44. The number of hydrogen-bond acceptors (Lipinski definition) is 4. The van der Waals surface area contributed by atoms with Crippen molar-refractivity contribution in [1.29, 1.82) is 0 Å². The lowest BCUT2D eigenvalue weighted by atomic mass is 9.72. The van der Waals surface area contributed by atoms with Crippen LogP contribution in [0.1, 0.15) is 71.9 Å². The van der Waals surface area contributed by atoms with E-state index >= 15 is 0 Å². The Morgan fingerprint density at radius 2 is 1.72 bits per heavy atom. The van der Waals surface area contributed by atoms with Gasteiger partial charge in [-0.2, -0.15) is 0 Å². The zero-order chi connectivity index (χ0) is 23.4. The Bertz CT molecular complexity index is 869. The van der Waals surface area contributed by atoms with E-state index in [-0.39, 0.29) is 23.5 Å². The highest BCUT2D eigenvalue weighted by molar-refractivity contribution is 5.45. The van der Waals surface area contributed by atoms with Crippen LogP contribution in [0, 0.1) is 5.41 Å². The fraction of sp³-hybridized carbons (Fsp3) is 0.571. The SMILES string of the molecule is CC(C)(C)CC(C)(C)c1ccc(OCc2ccccc2)c(OCC2(C)CCC(CO)O2)c1. The monoisotopic (exact) mass is 440 g/mol. The first-order valence-electron chi connectivity index (χ1n) is 11.7. The predicted molar refractivity (Wildman–Crippen MR) is 129 cm³/mol. The van der Waals surface area contributed by atoms with Crippen LogP contribution < -0.4 is 9.47 Å². The van der Waals surface area contributed by atoms with E-state index < -0.39 is 5.60 Å². The van der Waals surface area contributed by atoms with Crippen molar-refractivity contribution in [3.05, 3.63) is 59.7 Å². The van der Waals surface area contributed by atoms with E-state index in [0.29, 0.717) is 13.2 Å². The smallest absolute Gasteiger partial charge is 0.161 e. The summed E-state index contributed by atoms with van der Waals surface area (Å²) < 4.78 is 18.6. The van der Waals surface area contributed by atoms with Crippen LogP contribution >= 0.6 is 0 Å². The summed E-state index contributed by atoms with van der Waals surface area (Å²) in [4.78, 5) is 0. The van der Waals surface area contributed by atoms with E-state index in [0.717, 1.165) is 36.3 Å². The summed E-state index contributed by atoms with van der Waals surface area (Å²) in [5, 5.41) is 9.44. The molecule has 0 spiro atoms. The van der Waals surface area contributed by atoms with Gasteiger partial charge in [-0.25, -0.2) is 0 Å². The predicted octanol–water partition coefficient (Wildman–Crippen LogP) is 6.29. The molecule has 0 radical (unpaired) electrons. The summed E-state index contributed by atoms with van der Waals surface area (Å²) in [5.74, 6) is 1.49. The number of ether oxygens (including phenoxy) is 3. The largest absolute Gasteiger partial charge is 0.487 e. The minimum absolute atomic E-state index is 0.00403. The molecule has 1 aliphatic rings. The van der Waals surface area contributed by atoms with Gasteiger partial charge in [0.1, 0.15) is 13.2 Å². The molecule has 1 saturated heterocycles. The second-order valence-corrected chi connectivity index (χ2v) is 11.3. The maximum Gasteiger partial charge on any atom is 0.161 e. The molecule has 1 heterocycles. The number of aliphatic hydroxyl groups excluding tert-OH is 1. The molecule has 1 aliphatic heterocycles. The molecule has 0 saturated carbocycles. The third-order valence-electron chi connectivity index (χ3n) is 6.12. The zero-order valence-electron chi connectivity index (χ0n) is 20.6. The van der Waals surface area contributed by atoms with Crippen molar-refractivity contribution in [3.63, 3.8) is 0 Å². The highest BCUT2D eigenvalue weighted by Crippen LogP contribution is 2.40. The summed E-state index contributed by atoms with van der Waals surface area (Å²) in [6.07, 6.45) is 2.68. The van der Waals surface area contributed by atoms with Crippen LogP contribution in [-0.2, 0) is 16.8 Å². The lowest BCUT2D eigenvalue weighted by molar-refractivity contribution is -0.0697. The highest BCUT2D eigenvalue weighted by Gasteiger charge is 2.37. The van der Waals surface area contributed by atoms with Crippen LogP contribution in [0.4, 0.5) is 0 Å². The first-order chi connectivity index (χ1) is 15.0. The topological polar surface area (TPSA) is 47.9 Å². The van der Waals surface area contributed by atoms with Crippen molar-refractivity contribution in [3.8, 4) is 11.5 Å². The van der Waals surface area contributed by atoms with Gasteiger partial charge in [-0.1, -0.05) is 71.0 Å².